The summed E-state index contributed by atoms with van der Waals surface area (Å²) in [6.45, 7) is 5.99. The summed E-state index contributed by atoms with van der Waals surface area (Å²) in [5, 5.41) is 0. The summed E-state index contributed by atoms with van der Waals surface area (Å²) in [5.74, 6) is 0.754. The molecular formula is C15H20O4. The van der Waals surface area contributed by atoms with Crippen molar-refractivity contribution in [3.8, 4) is 11.5 Å². The summed E-state index contributed by atoms with van der Waals surface area (Å²) < 4.78 is 15.9. The van der Waals surface area contributed by atoms with Gasteiger partial charge in [0.25, 0.3) is 0 Å². The van der Waals surface area contributed by atoms with Crippen molar-refractivity contribution in [3.05, 3.63) is 35.9 Å². The molecule has 0 aliphatic heterocycles. The first-order valence-corrected chi connectivity index (χ1v) is 6.21. The molecule has 0 spiro atoms. The minimum Gasteiger partial charge on any atom is -0.493 e. The molecular weight excluding hydrogens is 244 g/mol. The van der Waals surface area contributed by atoms with E-state index < -0.39 is 0 Å². The number of allylic oxidation sites excluding steroid dienone is 1. The lowest BCUT2D eigenvalue weighted by Gasteiger charge is -2.14. The lowest BCUT2D eigenvalue weighted by Crippen LogP contribution is -2.09. The Kier molecular flexibility index (Phi) is 5.93. The van der Waals surface area contributed by atoms with Crippen LogP contribution in [0.1, 0.15) is 31.1 Å². The van der Waals surface area contributed by atoms with Crippen LogP contribution in [0.5, 0.6) is 11.5 Å². The number of hydrogen-bond acceptors (Lipinski definition) is 4. The van der Waals surface area contributed by atoms with E-state index in [9.17, 15) is 4.79 Å². The Hall–Kier alpha value is -1.97. The monoisotopic (exact) mass is 264 g/mol. The van der Waals surface area contributed by atoms with Gasteiger partial charge in [-0.2, -0.15) is 0 Å². The van der Waals surface area contributed by atoms with E-state index in [0.29, 0.717) is 17.1 Å². The van der Waals surface area contributed by atoms with Crippen LogP contribution < -0.4 is 9.47 Å². The number of methoxy groups -OCH3 is 1. The first kappa shape index (κ1) is 15.1. The molecule has 1 aromatic rings. The minimum absolute atomic E-state index is 0.0430. The zero-order valence-electron chi connectivity index (χ0n) is 11.8. The maximum absolute atomic E-state index is 11.8. The summed E-state index contributed by atoms with van der Waals surface area (Å²) in [7, 11) is 1.54. The molecule has 0 aliphatic rings. The third-order valence-corrected chi connectivity index (χ3v) is 2.31. The highest BCUT2D eigenvalue weighted by atomic mass is 16.5. The number of carbonyl (C=O) groups is 1. The number of rotatable bonds is 6. The Balaban J connectivity index is 2.83. The van der Waals surface area contributed by atoms with E-state index >= 15 is 0 Å². The number of benzene rings is 1. The highest BCUT2D eigenvalue weighted by Gasteiger charge is 2.12. The van der Waals surface area contributed by atoms with Gasteiger partial charge in [0.15, 0.2) is 11.5 Å². The van der Waals surface area contributed by atoms with Gasteiger partial charge >= 0.3 is 5.97 Å². The number of carbonyl (C=O) groups excluding carboxylic acids is 1. The van der Waals surface area contributed by atoms with E-state index in [-0.39, 0.29) is 18.7 Å². The molecule has 19 heavy (non-hydrogen) atoms. The number of esters is 1. The average Bonchev–Trinajstić information content (AvgIpc) is 2.38. The van der Waals surface area contributed by atoms with Gasteiger partial charge < -0.3 is 14.2 Å². The van der Waals surface area contributed by atoms with Crippen LogP contribution in [-0.2, 0) is 4.74 Å². The predicted octanol–water partition coefficient (Wildman–Crippen LogP) is 3.22. The molecule has 0 radical (unpaired) electrons. The third-order valence-electron chi connectivity index (χ3n) is 2.31. The maximum Gasteiger partial charge on any atom is 0.338 e. The lowest BCUT2D eigenvalue weighted by atomic mass is 10.2. The Morgan fingerprint density at radius 2 is 2.05 bits per heavy atom. The molecule has 0 aromatic heterocycles. The second kappa shape index (κ2) is 7.46. The van der Waals surface area contributed by atoms with Crippen molar-refractivity contribution >= 4 is 5.97 Å². The third kappa shape index (κ3) is 4.66. The van der Waals surface area contributed by atoms with Crippen molar-refractivity contribution in [3.63, 3.8) is 0 Å². The SMILES string of the molecule is CC=CCOC(=O)c1ccc(OC(C)C)c(OC)c1. The van der Waals surface area contributed by atoms with Crippen LogP contribution in [-0.4, -0.2) is 25.8 Å². The van der Waals surface area contributed by atoms with Gasteiger partial charge in [-0.25, -0.2) is 4.79 Å². The van der Waals surface area contributed by atoms with Gasteiger partial charge in [0.05, 0.1) is 18.8 Å². The molecule has 4 heteroatoms. The zero-order valence-corrected chi connectivity index (χ0v) is 11.8. The van der Waals surface area contributed by atoms with Crippen LogP contribution in [0.25, 0.3) is 0 Å². The van der Waals surface area contributed by atoms with Gasteiger partial charge in [-0.1, -0.05) is 12.2 Å². The average molecular weight is 264 g/mol. The highest BCUT2D eigenvalue weighted by molar-refractivity contribution is 5.90. The van der Waals surface area contributed by atoms with Crippen LogP contribution >= 0.6 is 0 Å². The molecule has 0 heterocycles. The van der Waals surface area contributed by atoms with Gasteiger partial charge in [-0.3, -0.25) is 0 Å². The molecule has 0 amide bonds. The summed E-state index contributed by atoms with van der Waals surface area (Å²) in [4.78, 5) is 11.8. The van der Waals surface area contributed by atoms with E-state index in [0.717, 1.165) is 0 Å². The van der Waals surface area contributed by atoms with Crippen molar-refractivity contribution in [1.29, 1.82) is 0 Å². The fraction of sp³-hybridized carbons (Fsp3) is 0.400. The predicted molar refractivity (Wildman–Crippen MR) is 73.9 cm³/mol. The molecule has 1 aromatic carbocycles. The largest absolute Gasteiger partial charge is 0.493 e. The van der Waals surface area contributed by atoms with Crippen molar-refractivity contribution < 1.29 is 19.0 Å². The molecule has 0 atom stereocenters. The minimum atomic E-state index is -0.382. The standard InChI is InChI=1S/C15H20O4/c1-5-6-9-18-15(16)12-7-8-13(19-11(2)3)14(10-12)17-4/h5-8,10-11H,9H2,1-4H3. The summed E-state index contributed by atoms with van der Waals surface area (Å²) >= 11 is 0. The Morgan fingerprint density at radius 3 is 2.63 bits per heavy atom. The fourth-order valence-corrected chi connectivity index (χ4v) is 1.45. The summed E-state index contributed by atoms with van der Waals surface area (Å²) in [6, 6.07) is 5.00. The van der Waals surface area contributed by atoms with Gasteiger partial charge in [-0.05, 0) is 39.0 Å². The zero-order chi connectivity index (χ0) is 14.3. The Morgan fingerprint density at radius 1 is 1.32 bits per heavy atom. The van der Waals surface area contributed by atoms with Crippen LogP contribution in [0.15, 0.2) is 30.4 Å². The van der Waals surface area contributed by atoms with Crippen LogP contribution in [0.4, 0.5) is 0 Å². The molecule has 4 nitrogen and oxygen atoms in total. The second-order valence-corrected chi connectivity index (χ2v) is 4.20. The smallest absolute Gasteiger partial charge is 0.338 e. The molecule has 104 valence electrons. The van der Waals surface area contributed by atoms with Gasteiger partial charge in [-0.15, -0.1) is 0 Å². The van der Waals surface area contributed by atoms with Gasteiger partial charge in [0.1, 0.15) is 6.61 Å². The van der Waals surface area contributed by atoms with Crippen LogP contribution in [0, 0.1) is 0 Å². The molecule has 0 fully saturated rings. The molecule has 0 saturated heterocycles. The highest BCUT2D eigenvalue weighted by Crippen LogP contribution is 2.29. The van der Waals surface area contributed by atoms with Gasteiger partial charge in [0.2, 0.25) is 0 Å². The van der Waals surface area contributed by atoms with E-state index in [1.54, 1.807) is 24.3 Å². The first-order valence-electron chi connectivity index (χ1n) is 6.21. The van der Waals surface area contributed by atoms with E-state index in [2.05, 4.69) is 0 Å². The molecule has 0 unspecified atom stereocenters. The molecule has 0 saturated carbocycles. The van der Waals surface area contributed by atoms with Crippen molar-refractivity contribution in [2.45, 2.75) is 26.9 Å². The second-order valence-electron chi connectivity index (χ2n) is 4.20. The van der Waals surface area contributed by atoms with Crippen LogP contribution in [0.2, 0.25) is 0 Å². The normalized spacial score (nSPS) is 10.8. The van der Waals surface area contributed by atoms with Crippen molar-refractivity contribution in [1.82, 2.24) is 0 Å². The van der Waals surface area contributed by atoms with Crippen molar-refractivity contribution in [2.24, 2.45) is 0 Å². The molecule has 0 N–H and O–H groups in total. The number of ether oxygens (including phenoxy) is 3. The topological polar surface area (TPSA) is 44.8 Å². The molecule has 0 aliphatic carbocycles. The van der Waals surface area contributed by atoms with E-state index in [1.807, 2.05) is 26.8 Å². The molecule has 1 rings (SSSR count). The summed E-state index contributed by atoms with van der Waals surface area (Å²) in [6.07, 6.45) is 3.64. The maximum atomic E-state index is 11.8. The van der Waals surface area contributed by atoms with Gasteiger partial charge in [0, 0.05) is 0 Å². The van der Waals surface area contributed by atoms with Crippen LogP contribution in [0.3, 0.4) is 0 Å². The van der Waals surface area contributed by atoms with Crippen molar-refractivity contribution in [2.75, 3.05) is 13.7 Å². The lowest BCUT2D eigenvalue weighted by molar-refractivity contribution is 0.0549. The van der Waals surface area contributed by atoms with E-state index in [4.69, 9.17) is 14.2 Å². The Labute approximate surface area is 114 Å². The first-order chi connectivity index (χ1) is 9.08. The fourth-order valence-electron chi connectivity index (χ4n) is 1.45. The molecule has 0 bridgehead atoms. The Bertz CT molecular complexity index is 449. The van der Waals surface area contributed by atoms with E-state index in [1.165, 1.54) is 7.11 Å². The quantitative estimate of drug-likeness (QED) is 0.584. The summed E-state index contributed by atoms with van der Waals surface area (Å²) in [5.41, 5.74) is 0.442. The number of hydrogen-bond donors (Lipinski definition) is 0.